The quantitative estimate of drug-likeness (QED) is 0.377. The number of ketones is 1. The molecule has 1 aromatic rings. The summed E-state index contributed by atoms with van der Waals surface area (Å²) in [5.41, 5.74) is 0.910. The lowest BCUT2D eigenvalue weighted by atomic mass is 10.2. The lowest BCUT2D eigenvalue weighted by Crippen LogP contribution is -2.27. The Morgan fingerprint density at radius 1 is 1.32 bits per heavy atom. The molecule has 0 saturated heterocycles. The van der Waals surface area contributed by atoms with Gasteiger partial charge in [0.2, 0.25) is 0 Å². The second kappa shape index (κ2) is 7.59. The van der Waals surface area contributed by atoms with Gasteiger partial charge in [0.1, 0.15) is 5.57 Å². The Morgan fingerprint density at radius 3 is 2.47 bits per heavy atom. The highest BCUT2D eigenvalue weighted by Crippen LogP contribution is 2.09. The van der Waals surface area contributed by atoms with Crippen LogP contribution in [-0.2, 0) is 20.9 Å². The molecular formula is C14H16ClNO3. The SMILES string of the molecule is CCO/C=C(/C(C)=O)C(=O)NCc1ccc(Cl)cc1. The van der Waals surface area contributed by atoms with Gasteiger partial charge in [-0.1, -0.05) is 23.7 Å². The fraction of sp³-hybridized carbons (Fsp3) is 0.286. The van der Waals surface area contributed by atoms with E-state index in [0.717, 1.165) is 5.56 Å². The van der Waals surface area contributed by atoms with Crippen LogP contribution in [0.15, 0.2) is 36.1 Å². The molecule has 102 valence electrons. The minimum absolute atomic E-state index is 0.0100. The Bertz CT molecular complexity index is 480. The zero-order valence-corrected chi connectivity index (χ0v) is 11.7. The Balaban J connectivity index is 2.62. The van der Waals surface area contributed by atoms with Crippen LogP contribution in [0.2, 0.25) is 5.02 Å². The third-order valence-electron chi connectivity index (χ3n) is 2.36. The summed E-state index contributed by atoms with van der Waals surface area (Å²) in [7, 11) is 0. The monoisotopic (exact) mass is 281 g/mol. The van der Waals surface area contributed by atoms with E-state index >= 15 is 0 Å². The van der Waals surface area contributed by atoms with Crippen LogP contribution in [-0.4, -0.2) is 18.3 Å². The van der Waals surface area contributed by atoms with E-state index in [1.54, 1.807) is 19.1 Å². The molecule has 0 spiro atoms. The van der Waals surface area contributed by atoms with Crippen molar-refractivity contribution in [3.05, 3.63) is 46.7 Å². The number of nitrogens with one attached hydrogen (secondary N) is 1. The molecular weight excluding hydrogens is 266 g/mol. The van der Waals surface area contributed by atoms with E-state index < -0.39 is 5.91 Å². The summed E-state index contributed by atoms with van der Waals surface area (Å²) in [6, 6.07) is 7.10. The third-order valence-corrected chi connectivity index (χ3v) is 2.61. The first-order valence-corrected chi connectivity index (χ1v) is 6.27. The average Bonchev–Trinajstić information content (AvgIpc) is 2.38. The van der Waals surface area contributed by atoms with Gasteiger partial charge in [-0.25, -0.2) is 0 Å². The van der Waals surface area contributed by atoms with Crippen molar-refractivity contribution < 1.29 is 14.3 Å². The molecule has 0 unspecified atom stereocenters. The Kier molecular flexibility index (Phi) is 6.09. The second-order valence-corrected chi connectivity index (χ2v) is 4.29. The van der Waals surface area contributed by atoms with Crippen LogP contribution < -0.4 is 5.32 Å². The smallest absolute Gasteiger partial charge is 0.258 e. The predicted molar refractivity (Wildman–Crippen MR) is 73.7 cm³/mol. The summed E-state index contributed by atoms with van der Waals surface area (Å²) in [6.07, 6.45) is 1.19. The van der Waals surface area contributed by atoms with Crippen LogP contribution in [0.1, 0.15) is 19.4 Å². The van der Waals surface area contributed by atoms with Crippen LogP contribution >= 0.6 is 11.6 Å². The molecule has 5 heteroatoms. The van der Waals surface area contributed by atoms with Crippen molar-refractivity contribution in [1.29, 1.82) is 0 Å². The average molecular weight is 282 g/mol. The normalized spacial score (nSPS) is 11.0. The standard InChI is InChI=1S/C14H16ClNO3/c1-3-19-9-13(10(2)17)14(18)16-8-11-4-6-12(15)7-5-11/h4-7,9H,3,8H2,1-2H3,(H,16,18)/b13-9-. The van der Waals surface area contributed by atoms with Crippen molar-refractivity contribution in [3.63, 3.8) is 0 Å². The second-order valence-electron chi connectivity index (χ2n) is 3.85. The first-order chi connectivity index (χ1) is 9.04. The number of Topliss-reactive ketones (excluding diaryl/α,β-unsaturated/α-hetero) is 1. The predicted octanol–water partition coefficient (Wildman–Crippen LogP) is 2.47. The number of halogens is 1. The fourth-order valence-electron chi connectivity index (χ4n) is 1.34. The van der Waals surface area contributed by atoms with Crippen LogP contribution in [0.4, 0.5) is 0 Å². The van der Waals surface area contributed by atoms with E-state index in [4.69, 9.17) is 16.3 Å². The van der Waals surface area contributed by atoms with E-state index in [1.807, 2.05) is 12.1 Å². The highest BCUT2D eigenvalue weighted by atomic mass is 35.5. The topological polar surface area (TPSA) is 55.4 Å². The van der Waals surface area contributed by atoms with E-state index in [0.29, 0.717) is 18.2 Å². The van der Waals surface area contributed by atoms with Crippen molar-refractivity contribution in [2.75, 3.05) is 6.61 Å². The lowest BCUT2D eigenvalue weighted by Gasteiger charge is -2.07. The van der Waals surface area contributed by atoms with Gasteiger partial charge >= 0.3 is 0 Å². The number of carbonyl (C=O) groups excluding carboxylic acids is 2. The number of benzene rings is 1. The molecule has 0 aliphatic carbocycles. The van der Waals surface area contributed by atoms with E-state index in [9.17, 15) is 9.59 Å². The molecule has 0 aliphatic heterocycles. The van der Waals surface area contributed by atoms with Crippen molar-refractivity contribution in [2.45, 2.75) is 20.4 Å². The van der Waals surface area contributed by atoms with Crippen LogP contribution in [0.25, 0.3) is 0 Å². The van der Waals surface area contributed by atoms with E-state index in [2.05, 4.69) is 5.32 Å². The Morgan fingerprint density at radius 2 is 1.95 bits per heavy atom. The molecule has 0 atom stereocenters. The summed E-state index contributed by atoms with van der Waals surface area (Å²) >= 11 is 5.77. The van der Waals surface area contributed by atoms with Gasteiger partial charge in [-0.05, 0) is 31.5 Å². The molecule has 1 rings (SSSR count). The molecule has 0 fully saturated rings. The zero-order chi connectivity index (χ0) is 14.3. The maximum absolute atomic E-state index is 11.8. The molecule has 0 saturated carbocycles. The lowest BCUT2D eigenvalue weighted by molar-refractivity contribution is -0.122. The number of carbonyl (C=O) groups is 2. The summed E-state index contributed by atoms with van der Waals surface area (Å²) in [5, 5.41) is 3.29. The fourth-order valence-corrected chi connectivity index (χ4v) is 1.47. The number of hydrogen-bond donors (Lipinski definition) is 1. The zero-order valence-electron chi connectivity index (χ0n) is 10.9. The maximum atomic E-state index is 11.8. The van der Waals surface area contributed by atoms with Gasteiger partial charge in [0.25, 0.3) is 5.91 Å². The van der Waals surface area contributed by atoms with Crippen molar-refractivity contribution in [3.8, 4) is 0 Å². The van der Waals surface area contributed by atoms with Gasteiger partial charge in [-0.2, -0.15) is 0 Å². The summed E-state index contributed by atoms with van der Waals surface area (Å²) in [6.45, 7) is 3.83. The van der Waals surface area contributed by atoms with Gasteiger partial charge in [0, 0.05) is 11.6 Å². The molecule has 0 radical (unpaired) electrons. The third kappa shape index (κ3) is 5.14. The van der Waals surface area contributed by atoms with Gasteiger partial charge in [0.05, 0.1) is 12.9 Å². The molecule has 1 aromatic carbocycles. The molecule has 0 heterocycles. The minimum Gasteiger partial charge on any atom is -0.501 e. The van der Waals surface area contributed by atoms with E-state index in [-0.39, 0.29) is 11.4 Å². The van der Waals surface area contributed by atoms with Crippen LogP contribution in [0, 0.1) is 0 Å². The largest absolute Gasteiger partial charge is 0.501 e. The Labute approximate surface area is 117 Å². The Hall–Kier alpha value is -1.81. The van der Waals surface area contributed by atoms with Gasteiger partial charge < -0.3 is 10.1 Å². The maximum Gasteiger partial charge on any atom is 0.258 e. The summed E-state index contributed by atoms with van der Waals surface area (Å²) in [4.78, 5) is 23.1. The van der Waals surface area contributed by atoms with Crippen molar-refractivity contribution in [1.82, 2.24) is 5.32 Å². The van der Waals surface area contributed by atoms with Crippen molar-refractivity contribution in [2.24, 2.45) is 0 Å². The molecule has 0 aliphatic rings. The summed E-state index contributed by atoms with van der Waals surface area (Å²) < 4.78 is 4.98. The number of hydrogen-bond acceptors (Lipinski definition) is 3. The highest BCUT2D eigenvalue weighted by Gasteiger charge is 2.14. The number of amides is 1. The number of ether oxygens (including phenoxy) is 1. The van der Waals surface area contributed by atoms with Gasteiger partial charge in [-0.3, -0.25) is 9.59 Å². The minimum atomic E-state index is -0.448. The first kappa shape index (κ1) is 15.2. The molecule has 4 nitrogen and oxygen atoms in total. The molecule has 19 heavy (non-hydrogen) atoms. The number of rotatable bonds is 6. The molecule has 0 aromatic heterocycles. The molecule has 1 N–H and O–H groups in total. The molecule has 1 amide bonds. The van der Waals surface area contributed by atoms with Gasteiger partial charge in [0.15, 0.2) is 5.78 Å². The summed E-state index contributed by atoms with van der Waals surface area (Å²) in [5.74, 6) is -0.780. The van der Waals surface area contributed by atoms with Crippen molar-refractivity contribution >= 4 is 23.3 Å². The molecule has 0 bridgehead atoms. The first-order valence-electron chi connectivity index (χ1n) is 5.90. The van der Waals surface area contributed by atoms with E-state index in [1.165, 1.54) is 13.2 Å². The highest BCUT2D eigenvalue weighted by molar-refractivity contribution is 6.30. The van der Waals surface area contributed by atoms with Crippen LogP contribution in [0.5, 0.6) is 0 Å². The van der Waals surface area contributed by atoms with Crippen LogP contribution in [0.3, 0.4) is 0 Å². The van der Waals surface area contributed by atoms with Gasteiger partial charge in [-0.15, -0.1) is 0 Å².